The summed E-state index contributed by atoms with van der Waals surface area (Å²) in [6.07, 6.45) is 5.26. The number of pyridine rings is 1. The van der Waals surface area contributed by atoms with Crippen LogP contribution in [-0.4, -0.2) is 31.3 Å². The van der Waals surface area contributed by atoms with Crippen molar-refractivity contribution >= 4 is 22.6 Å². The smallest absolute Gasteiger partial charge is 0.222 e. The van der Waals surface area contributed by atoms with E-state index in [1.807, 2.05) is 13.0 Å². The molecule has 0 aromatic carbocycles. The summed E-state index contributed by atoms with van der Waals surface area (Å²) in [5, 5.41) is 15.0. The summed E-state index contributed by atoms with van der Waals surface area (Å²) in [6, 6.07) is 5.64. The number of rotatable bonds is 3. The van der Waals surface area contributed by atoms with E-state index in [0.717, 1.165) is 36.6 Å². The number of aryl methyl sites for hydroxylation is 1. The van der Waals surface area contributed by atoms with Crippen LogP contribution >= 0.6 is 11.6 Å². The van der Waals surface area contributed by atoms with Crippen LogP contribution in [0.4, 0.5) is 0 Å². The molecular formula is C18H17ClN6O. The van der Waals surface area contributed by atoms with E-state index >= 15 is 0 Å². The van der Waals surface area contributed by atoms with Gasteiger partial charge in [-0.05, 0) is 55.0 Å². The largest absolute Gasteiger partial charge is 0.356 e. The molecule has 0 aliphatic carbocycles. The van der Waals surface area contributed by atoms with Crippen molar-refractivity contribution in [2.45, 2.75) is 38.8 Å². The molecule has 0 spiro atoms. The molecule has 1 atom stereocenters. The van der Waals surface area contributed by atoms with Crippen molar-refractivity contribution in [3.05, 3.63) is 34.9 Å². The minimum atomic E-state index is -0.191. The van der Waals surface area contributed by atoms with E-state index in [-0.39, 0.29) is 11.5 Å². The van der Waals surface area contributed by atoms with Crippen LogP contribution in [0.15, 0.2) is 18.3 Å². The van der Waals surface area contributed by atoms with Crippen molar-refractivity contribution in [2.24, 2.45) is 0 Å². The molecule has 1 unspecified atom stereocenters. The Hall–Kier alpha value is -2.56. The Kier molecular flexibility index (Phi) is 4.53. The first-order valence-electron chi connectivity index (χ1n) is 8.64. The number of hydrogen-bond acceptors (Lipinski definition) is 6. The van der Waals surface area contributed by atoms with E-state index in [1.165, 1.54) is 0 Å². The summed E-state index contributed by atoms with van der Waals surface area (Å²) < 4.78 is 7.67. The molecular weight excluding hydrogens is 352 g/mol. The lowest BCUT2D eigenvalue weighted by Gasteiger charge is -2.23. The van der Waals surface area contributed by atoms with Crippen molar-refractivity contribution in [3.63, 3.8) is 0 Å². The van der Waals surface area contributed by atoms with Crippen molar-refractivity contribution in [3.8, 4) is 17.5 Å². The average Bonchev–Trinajstić information content (AvgIpc) is 3.07. The molecule has 0 radical (unpaired) electrons. The van der Waals surface area contributed by atoms with Gasteiger partial charge in [0.05, 0.1) is 5.69 Å². The minimum absolute atomic E-state index is 0.176. The van der Waals surface area contributed by atoms with E-state index in [0.29, 0.717) is 29.3 Å². The summed E-state index contributed by atoms with van der Waals surface area (Å²) in [5.74, 6) is 0. The second-order valence-corrected chi connectivity index (χ2v) is 6.50. The van der Waals surface area contributed by atoms with E-state index < -0.39 is 0 Å². The van der Waals surface area contributed by atoms with Crippen LogP contribution in [0.1, 0.15) is 43.7 Å². The van der Waals surface area contributed by atoms with Crippen molar-refractivity contribution in [1.82, 2.24) is 24.7 Å². The number of hydrogen-bond donors (Lipinski definition) is 0. The second-order valence-electron chi connectivity index (χ2n) is 6.16. The summed E-state index contributed by atoms with van der Waals surface area (Å²) in [5.41, 5.74) is 3.31. The molecule has 7 nitrogen and oxygen atoms in total. The highest BCUT2D eigenvalue weighted by molar-refractivity contribution is 6.28. The zero-order valence-corrected chi connectivity index (χ0v) is 15.1. The Labute approximate surface area is 155 Å². The van der Waals surface area contributed by atoms with Crippen LogP contribution in [-0.2, 0) is 11.2 Å². The molecule has 1 aliphatic rings. The van der Waals surface area contributed by atoms with Gasteiger partial charge in [-0.1, -0.05) is 6.92 Å². The standard InChI is InChI=1S/C18H17ClN6O/c1-2-11-10-21-18(19)23-15(11)16-13-7-6-12(9-20)22-17(13)25(24-16)14-5-3-4-8-26-14/h6-7,10,14H,2-5,8H2,1H3. The van der Waals surface area contributed by atoms with Crippen molar-refractivity contribution < 1.29 is 4.74 Å². The molecule has 1 fully saturated rings. The first kappa shape index (κ1) is 16.9. The van der Waals surface area contributed by atoms with Gasteiger partial charge in [-0.15, -0.1) is 0 Å². The van der Waals surface area contributed by atoms with E-state index in [2.05, 4.69) is 21.0 Å². The zero-order chi connectivity index (χ0) is 18.1. The molecule has 0 bridgehead atoms. The number of nitrogens with zero attached hydrogens (tertiary/aromatic N) is 6. The van der Waals surface area contributed by atoms with Crippen LogP contribution in [0.3, 0.4) is 0 Å². The topological polar surface area (TPSA) is 89.5 Å². The van der Waals surface area contributed by atoms with Gasteiger partial charge < -0.3 is 4.74 Å². The third-order valence-corrected chi connectivity index (χ3v) is 4.72. The third kappa shape index (κ3) is 2.91. The zero-order valence-electron chi connectivity index (χ0n) is 14.3. The van der Waals surface area contributed by atoms with Gasteiger partial charge in [0.25, 0.3) is 0 Å². The highest BCUT2D eigenvalue weighted by atomic mass is 35.5. The van der Waals surface area contributed by atoms with Crippen LogP contribution in [0, 0.1) is 11.3 Å². The van der Waals surface area contributed by atoms with Gasteiger partial charge in [0.15, 0.2) is 11.9 Å². The SMILES string of the molecule is CCc1cnc(Cl)nc1-c1nn(C2CCCCO2)c2nc(C#N)ccc12. The molecule has 26 heavy (non-hydrogen) atoms. The first-order chi connectivity index (χ1) is 12.7. The van der Waals surface area contributed by atoms with Gasteiger partial charge in [-0.2, -0.15) is 10.4 Å². The highest BCUT2D eigenvalue weighted by Crippen LogP contribution is 2.33. The predicted molar refractivity (Wildman–Crippen MR) is 96.5 cm³/mol. The van der Waals surface area contributed by atoms with Crippen molar-refractivity contribution in [2.75, 3.05) is 6.61 Å². The maximum atomic E-state index is 9.23. The molecule has 132 valence electrons. The molecule has 4 heterocycles. The second kappa shape index (κ2) is 6.98. The van der Waals surface area contributed by atoms with Gasteiger partial charge in [-0.3, -0.25) is 0 Å². The molecule has 8 heteroatoms. The fraction of sp³-hybridized carbons (Fsp3) is 0.389. The van der Waals surface area contributed by atoms with E-state index in [1.54, 1.807) is 16.9 Å². The van der Waals surface area contributed by atoms with Gasteiger partial charge in [-0.25, -0.2) is 19.6 Å². The third-order valence-electron chi connectivity index (χ3n) is 4.54. The molecule has 4 rings (SSSR count). The van der Waals surface area contributed by atoms with Crippen molar-refractivity contribution in [1.29, 1.82) is 5.26 Å². The minimum Gasteiger partial charge on any atom is -0.356 e. The Morgan fingerprint density at radius 1 is 1.31 bits per heavy atom. The monoisotopic (exact) mass is 368 g/mol. The number of fused-ring (bicyclic) bond motifs is 1. The predicted octanol–water partition coefficient (Wildman–Crippen LogP) is 3.67. The summed E-state index contributed by atoms with van der Waals surface area (Å²) in [4.78, 5) is 13.0. The Morgan fingerprint density at radius 2 is 2.19 bits per heavy atom. The quantitative estimate of drug-likeness (QED) is 0.655. The molecule has 0 saturated carbocycles. The molecule has 1 aliphatic heterocycles. The fourth-order valence-corrected chi connectivity index (χ4v) is 3.35. The average molecular weight is 369 g/mol. The molecule has 0 N–H and O–H groups in total. The van der Waals surface area contributed by atoms with E-state index in [4.69, 9.17) is 21.4 Å². The first-order valence-corrected chi connectivity index (χ1v) is 9.01. The van der Waals surface area contributed by atoms with E-state index in [9.17, 15) is 5.26 Å². The van der Waals surface area contributed by atoms with Crippen LogP contribution in [0.2, 0.25) is 5.28 Å². The Bertz CT molecular complexity index is 1000. The van der Waals surface area contributed by atoms with Crippen LogP contribution in [0.25, 0.3) is 22.4 Å². The summed E-state index contributed by atoms with van der Waals surface area (Å²) >= 11 is 6.04. The molecule has 3 aromatic heterocycles. The molecule has 0 amide bonds. The fourth-order valence-electron chi connectivity index (χ4n) is 3.22. The lowest BCUT2D eigenvalue weighted by atomic mass is 10.1. The van der Waals surface area contributed by atoms with Gasteiger partial charge >= 0.3 is 0 Å². The van der Waals surface area contributed by atoms with Gasteiger partial charge in [0.1, 0.15) is 17.5 Å². The lowest BCUT2D eigenvalue weighted by molar-refractivity contribution is -0.0368. The van der Waals surface area contributed by atoms with Crippen LogP contribution in [0.5, 0.6) is 0 Å². The lowest BCUT2D eigenvalue weighted by Crippen LogP contribution is -2.19. The van der Waals surface area contributed by atoms with Gasteiger partial charge in [0.2, 0.25) is 5.28 Å². The number of nitriles is 1. The summed E-state index contributed by atoms with van der Waals surface area (Å²) in [6.45, 7) is 2.73. The van der Waals surface area contributed by atoms with Crippen LogP contribution < -0.4 is 0 Å². The Morgan fingerprint density at radius 3 is 2.92 bits per heavy atom. The molecule has 1 saturated heterocycles. The maximum Gasteiger partial charge on any atom is 0.222 e. The Balaban J connectivity index is 1.96. The molecule has 3 aromatic rings. The number of ether oxygens (including phenoxy) is 1. The number of halogens is 1. The normalized spacial score (nSPS) is 17.3. The maximum absolute atomic E-state index is 9.23. The van der Waals surface area contributed by atoms with Gasteiger partial charge in [0, 0.05) is 18.2 Å². The summed E-state index contributed by atoms with van der Waals surface area (Å²) in [7, 11) is 0. The number of aromatic nitrogens is 5. The highest BCUT2D eigenvalue weighted by Gasteiger charge is 2.24.